The number of hydrogen-bond acceptors (Lipinski definition) is 6. The van der Waals surface area contributed by atoms with Gasteiger partial charge in [0.15, 0.2) is 0 Å². The SMILES string of the molecule is COc1ccc(F)cc1C(NC(=O)c1csnc1N)C1CC(O)C1. The van der Waals surface area contributed by atoms with Crippen LogP contribution in [-0.4, -0.2) is 28.6 Å². The molecule has 8 heteroatoms. The van der Waals surface area contributed by atoms with Gasteiger partial charge in [0.2, 0.25) is 0 Å². The van der Waals surface area contributed by atoms with Crippen molar-refractivity contribution in [3.05, 3.63) is 40.5 Å². The van der Waals surface area contributed by atoms with E-state index in [0.29, 0.717) is 29.7 Å². The molecule has 1 fully saturated rings. The van der Waals surface area contributed by atoms with Crippen LogP contribution in [0.15, 0.2) is 23.6 Å². The van der Waals surface area contributed by atoms with E-state index in [-0.39, 0.29) is 17.6 Å². The summed E-state index contributed by atoms with van der Waals surface area (Å²) in [6, 6.07) is 3.70. The number of rotatable bonds is 5. The molecule has 1 aromatic heterocycles. The minimum Gasteiger partial charge on any atom is -0.496 e. The lowest BCUT2D eigenvalue weighted by Crippen LogP contribution is -2.41. The summed E-state index contributed by atoms with van der Waals surface area (Å²) in [6.07, 6.45) is 0.658. The second-order valence-electron chi connectivity index (χ2n) is 5.84. The van der Waals surface area contributed by atoms with E-state index in [4.69, 9.17) is 10.5 Å². The number of nitrogens with one attached hydrogen (secondary N) is 1. The predicted octanol–water partition coefficient (Wildman–Crippen LogP) is 2.12. The topological polar surface area (TPSA) is 97.5 Å². The molecule has 6 nitrogen and oxygen atoms in total. The van der Waals surface area contributed by atoms with E-state index < -0.39 is 18.0 Å². The fourth-order valence-electron chi connectivity index (χ4n) is 2.93. The minimum absolute atomic E-state index is 0.00697. The van der Waals surface area contributed by atoms with Gasteiger partial charge in [0, 0.05) is 10.9 Å². The molecule has 4 N–H and O–H groups in total. The van der Waals surface area contributed by atoms with Gasteiger partial charge in [0.05, 0.1) is 24.8 Å². The molecule has 1 heterocycles. The van der Waals surface area contributed by atoms with E-state index in [1.807, 2.05) is 0 Å². The van der Waals surface area contributed by atoms with Crippen molar-refractivity contribution in [2.45, 2.75) is 25.0 Å². The summed E-state index contributed by atoms with van der Waals surface area (Å²) in [4.78, 5) is 12.5. The average molecular weight is 351 g/mol. The van der Waals surface area contributed by atoms with Gasteiger partial charge < -0.3 is 20.9 Å². The Morgan fingerprint density at radius 3 is 2.88 bits per heavy atom. The van der Waals surface area contributed by atoms with Crippen LogP contribution in [0.3, 0.4) is 0 Å². The number of aliphatic hydroxyl groups is 1. The van der Waals surface area contributed by atoms with Gasteiger partial charge in [-0.05, 0) is 48.5 Å². The van der Waals surface area contributed by atoms with Gasteiger partial charge in [-0.3, -0.25) is 4.79 Å². The number of amides is 1. The summed E-state index contributed by atoms with van der Waals surface area (Å²) >= 11 is 1.10. The van der Waals surface area contributed by atoms with E-state index >= 15 is 0 Å². The lowest BCUT2D eigenvalue weighted by molar-refractivity contribution is 0.0231. The number of nitrogens with two attached hydrogens (primary N) is 1. The molecular weight excluding hydrogens is 333 g/mol. The number of ether oxygens (including phenoxy) is 1. The van der Waals surface area contributed by atoms with Crippen molar-refractivity contribution in [1.29, 1.82) is 0 Å². The van der Waals surface area contributed by atoms with Crippen molar-refractivity contribution in [2.24, 2.45) is 5.92 Å². The van der Waals surface area contributed by atoms with Crippen molar-refractivity contribution < 1.29 is 19.0 Å². The highest BCUT2D eigenvalue weighted by Gasteiger charge is 2.37. The number of aliphatic hydroxyl groups excluding tert-OH is 1. The molecule has 0 saturated heterocycles. The molecule has 1 aromatic carbocycles. The van der Waals surface area contributed by atoms with Gasteiger partial charge in [-0.25, -0.2) is 4.39 Å². The number of aromatic nitrogens is 1. The molecule has 0 bridgehead atoms. The smallest absolute Gasteiger partial charge is 0.256 e. The summed E-state index contributed by atoms with van der Waals surface area (Å²) in [6.45, 7) is 0. The highest BCUT2D eigenvalue weighted by molar-refractivity contribution is 7.04. The predicted molar refractivity (Wildman–Crippen MR) is 88.4 cm³/mol. The van der Waals surface area contributed by atoms with Crippen LogP contribution in [0.25, 0.3) is 0 Å². The average Bonchev–Trinajstić information content (AvgIpc) is 2.96. The zero-order valence-electron chi connectivity index (χ0n) is 13.0. The summed E-state index contributed by atoms with van der Waals surface area (Å²) in [5, 5.41) is 14.1. The Labute approximate surface area is 142 Å². The first-order chi connectivity index (χ1) is 11.5. The summed E-state index contributed by atoms with van der Waals surface area (Å²) in [5.41, 5.74) is 6.53. The van der Waals surface area contributed by atoms with Gasteiger partial charge in [0.25, 0.3) is 5.91 Å². The molecule has 1 amide bonds. The van der Waals surface area contributed by atoms with E-state index in [2.05, 4.69) is 9.69 Å². The van der Waals surface area contributed by atoms with Crippen molar-refractivity contribution in [2.75, 3.05) is 12.8 Å². The zero-order valence-corrected chi connectivity index (χ0v) is 13.8. The Balaban J connectivity index is 1.91. The standard InChI is InChI=1S/C16H18FN3O3S/c1-23-13-3-2-9(17)6-11(13)14(8-4-10(21)5-8)19-16(22)12-7-24-20-15(12)18/h2-3,6-8,10,14,21H,4-5H2,1H3,(H2,18,20)(H,19,22). The third-order valence-electron chi connectivity index (χ3n) is 4.28. The molecule has 3 rings (SSSR count). The Morgan fingerprint density at radius 2 is 2.29 bits per heavy atom. The minimum atomic E-state index is -0.481. The normalized spacial score (nSPS) is 21.0. The molecule has 0 aliphatic heterocycles. The Bertz CT molecular complexity index is 746. The molecular formula is C16H18FN3O3S. The molecule has 1 atom stereocenters. The molecule has 1 aliphatic rings. The Kier molecular flexibility index (Phi) is 4.68. The lowest BCUT2D eigenvalue weighted by Gasteiger charge is -2.38. The van der Waals surface area contributed by atoms with Crippen LogP contribution in [0.5, 0.6) is 5.75 Å². The number of carbonyl (C=O) groups is 1. The second-order valence-corrected chi connectivity index (χ2v) is 6.47. The first-order valence-electron chi connectivity index (χ1n) is 7.51. The van der Waals surface area contributed by atoms with E-state index in [1.165, 1.54) is 25.3 Å². The first-order valence-corrected chi connectivity index (χ1v) is 8.35. The van der Waals surface area contributed by atoms with Gasteiger partial charge in [-0.2, -0.15) is 4.37 Å². The number of halogens is 1. The quantitative estimate of drug-likeness (QED) is 0.766. The fourth-order valence-corrected chi connectivity index (χ4v) is 3.53. The Hall–Kier alpha value is -2.19. The number of carbonyl (C=O) groups excluding carboxylic acids is 1. The van der Waals surface area contributed by atoms with Crippen LogP contribution < -0.4 is 15.8 Å². The van der Waals surface area contributed by atoms with Crippen molar-refractivity contribution >= 4 is 23.3 Å². The molecule has 0 radical (unpaired) electrons. The fraction of sp³-hybridized carbons (Fsp3) is 0.375. The number of hydrogen-bond donors (Lipinski definition) is 3. The largest absolute Gasteiger partial charge is 0.496 e. The van der Waals surface area contributed by atoms with Gasteiger partial charge >= 0.3 is 0 Å². The zero-order chi connectivity index (χ0) is 17.3. The monoisotopic (exact) mass is 351 g/mol. The van der Waals surface area contributed by atoms with Crippen molar-refractivity contribution in [3.63, 3.8) is 0 Å². The molecule has 0 spiro atoms. The molecule has 128 valence electrons. The number of benzene rings is 1. The number of anilines is 1. The highest BCUT2D eigenvalue weighted by atomic mass is 32.1. The van der Waals surface area contributed by atoms with Crippen LogP contribution in [0.2, 0.25) is 0 Å². The van der Waals surface area contributed by atoms with Crippen LogP contribution >= 0.6 is 11.5 Å². The number of methoxy groups -OCH3 is 1. The number of nitrogen functional groups attached to an aromatic ring is 1. The molecule has 2 aromatic rings. The maximum Gasteiger partial charge on any atom is 0.256 e. The maximum atomic E-state index is 13.7. The third-order valence-corrected chi connectivity index (χ3v) is 4.92. The second kappa shape index (κ2) is 6.74. The molecule has 24 heavy (non-hydrogen) atoms. The van der Waals surface area contributed by atoms with Crippen LogP contribution in [-0.2, 0) is 0 Å². The van der Waals surface area contributed by atoms with Crippen molar-refractivity contribution in [3.8, 4) is 5.75 Å². The summed E-state index contributed by atoms with van der Waals surface area (Å²) in [5.74, 6) is -0.149. The summed E-state index contributed by atoms with van der Waals surface area (Å²) < 4.78 is 22.9. The third kappa shape index (κ3) is 3.20. The van der Waals surface area contributed by atoms with E-state index in [9.17, 15) is 14.3 Å². The van der Waals surface area contributed by atoms with Crippen LogP contribution in [0, 0.1) is 11.7 Å². The van der Waals surface area contributed by atoms with Gasteiger partial charge in [0.1, 0.15) is 17.4 Å². The van der Waals surface area contributed by atoms with E-state index in [0.717, 1.165) is 11.5 Å². The van der Waals surface area contributed by atoms with E-state index in [1.54, 1.807) is 5.38 Å². The molecule has 1 unspecified atom stereocenters. The van der Waals surface area contributed by atoms with Crippen LogP contribution in [0.1, 0.15) is 34.8 Å². The summed E-state index contributed by atoms with van der Waals surface area (Å²) in [7, 11) is 1.49. The van der Waals surface area contributed by atoms with Crippen LogP contribution in [0.4, 0.5) is 10.2 Å². The van der Waals surface area contributed by atoms with Gasteiger partial charge in [-0.1, -0.05) is 0 Å². The highest BCUT2D eigenvalue weighted by Crippen LogP contribution is 2.41. The first kappa shape index (κ1) is 16.7. The molecule has 1 aliphatic carbocycles. The lowest BCUT2D eigenvalue weighted by atomic mass is 9.74. The van der Waals surface area contributed by atoms with Gasteiger partial charge in [-0.15, -0.1) is 0 Å². The van der Waals surface area contributed by atoms with Crippen molar-refractivity contribution in [1.82, 2.24) is 9.69 Å². The maximum absolute atomic E-state index is 13.7. The molecule has 1 saturated carbocycles. The Morgan fingerprint density at radius 1 is 1.54 bits per heavy atom. The number of nitrogens with zero attached hydrogens (tertiary/aromatic N) is 1.